The Bertz CT molecular complexity index is 138. The first-order chi connectivity index (χ1) is 5.18. The monoisotopic (exact) mass is 174 g/mol. The molecule has 1 rings (SSSR count). The fourth-order valence-corrected chi connectivity index (χ4v) is 1.11. The van der Waals surface area contributed by atoms with Gasteiger partial charge >= 0.3 is 0 Å². The molecule has 0 aromatic rings. The van der Waals surface area contributed by atoms with Crippen molar-refractivity contribution in [1.82, 2.24) is 20.4 Å². The Morgan fingerprint density at radius 3 is 2.45 bits per heavy atom. The van der Waals surface area contributed by atoms with E-state index in [0.717, 1.165) is 25.1 Å². The lowest BCUT2D eigenvalue weighted by molar-refractivity contribution is 0.158. The number of thiocarbonyl (C=S) groups is 1. The molecule has 1 aliphatic heterocycles. The number of hydrogen-bond acceptors (Lipinski definition) is 3. The Morgan fingerprint density at radius 2 is 2.00 bits per heavy atom. The summed E-state index contributed by atoms with van der Waals surface area (Å²) in [5.74, 6) is 0. The molecule has 11 heavy (non-hydrogen) atoms. The van der Waals surface area contributed by atoms with E-state index < -0.39 is 0 Å². The molecule has 1 fully saturated rings. The van der Waals surface area contributed by atoms with Crippen molar-refractivity contribution in [3.05, 3.63) is 0 Å². The third-order valence-electron chi connectivity index (χ3n) is 1.41. The van der Waals surface area contributed by atoms with Crippen LogP contribution in [0.2, 0.25) is 0 Å². The SMILES string of the molecule is CN(C)CN1CNC(=S)NC1. The molecule has 5 heteroatoms. The van der Waals surface area contributed by atoms with Crippen molar-refractivity contribution in [2.24, 2.45) is 0 Å². The van der Waals surface area contributed by atoms with E-state index >= 15 is 0 Å². The highest BCUT2D eigenvalue weighted by Gasteiger charge is 2.10. The zero-order valence-electron chi connectivity index (χ0n) is 6.92. The molecule has 0 spiro atoms. The van der Waals surface area contributed by atoms with E-state index in [0.29, 0.717) is 0 Å². The first-order valence-electron chi connectivity index (χ1n) is 3.57. The van der Waals surface area contributed by atoms with E-state index in [1.807, 2.05) is 14.1 Å². The quantitative estimate of drug-likeness (QED) is 0.535. The molecule has 0 radical (unpaired) electrons. The summed E-state index contributed by atoms with van der Waals surface area (Å²) in [6.07, 6.45) is 0. The van der Waals surface area contributed by atoms with Gasteiger partial charge in [-0.3, -0.25) is 9.80 Å². The maximum atomic E-state index is 4.91. The van der Waals surface area contributed by atoms with Gasteiger partial charge in [0.25, 0.3) is 0 Å². The lowest BCUT2D eigenvalue weighted by Crippen LogP contribution is -2.55. The van der Waals surface area contributed by atoms with Gasteiger partial charge < -0.3 is 10.6 Å². The average Bonchev–Trinajstić information content (AvgIpc) is 1.93. The average molecular weight is 174 g/mol. The van der Waals surface area contributed by atoms with E-state index in [9.17, 15) is 0 Å². The van der Waals surface area contributed by atoms with Crippen molar-refractivity contribution in [2.75, 3.05) is 34.1 Å². The molecule has 1 heterocycles. The minimum atomic E-state index is 0.750. The highest BCUT2D eigenvalue weighted by molar-refractivity contribution is 7.80. The second-order valence-corrected chi connectivity index (χ2v) is 3.30. The third-order valence-corrected chi connectivity index (χ3v) is 1.70. The van der Waals surface area contributed by atoms with Crippen molar-refractivity contribution in [1.29, 1.82) is 0 Å². The molecule has 0 bridgehead atoms. The molecule has 0 aliphatic carbocycles. The van der Waals surface area contributed by atoms with Crippen LogP contribution in [-0.2, 0) is 0 Å². The van der Waals surface area contributed by atoms with Gasteiger partial charge in [-0.25, -0.2) is 0 Å². The number of hydrogen-bond donors (Lipinski definition) is 2. The summed E-state index contributed by atoms with van der Waals surface area (Å²) in [7, 11) is 4.10. The van der Waals surface area contributed by atoms with E-state index in [2.05, 4.69) is 20.4 Å². The van der Waals surface area contributed by atoms with Gasteiger partial charge in [0, 0.05) is 0 Å². The van der Waals surface area contributed by atoms with Gasteiger partial charge in [-0.1, -0.05) is 0 Å². The molecular formula is C6H14N4S. The first kappa shape index (κ1) is 8.70. The van der Waals surface area contributed by atoms with Crippen LogP contribution in [-0.4, -0.2) is 49.0 Å². The summed E-state index contributed by atoms with van der Waals surface area (Å²) in [4.78, 5) is 4.34. The summed E-state index contributed by atoms with van der Waals surface area (Å²) in [6.45, 7) is 2.62. The van der Waals surface area contributed by atoms with E-state index in [1.54, 1.807) is 0 Å². The van der Waals surface area contributed by atoms with Gasteiger partial charge in [-0.15, -0.1) is 0 Å². The Kier molecular flexibility index (Phi) is 3.04. The molecule has 0 unspecified atom stereocenters. The topological polar surface area (TPSA) is 30.5 Å². The predicted molar refractivity (Wildman–Crippen MR) is 49.0 cm³/mol. The zero-order valence-corrected chi connectivity index (χ0v) is 7.74. The lowest BCUT2D eigenvalue weighted by atomic mass is 10.6. The van der Waals surface area contributed by atoms with Gasteiger partial charge in [-0.05, 0) is 26.3 Å². The summed E-state index contributed by atoms with van der Waals surface area (Å²) >= 11 is 4.91. The minimum Gasteiger partial charge on any atom is -0.350 e. The molecule has 2 N–H and O–H groups in total. The van der Waals surface area contributed by atoms with Crippen LogP contribution < -0.4 is 10.6 Å². The summed E-state index contributed by atoms with van der Waals surface area (Å²) < 4.78 is 0. The van der Waals surface area contributed by atoms with Gasteiger partial charge in [-0.2, -0.15) is 0 Å². The van der Waals surface area contributed by atoms with Gasteiger partial charge in [0.15, 0.2) is 5.11 Å². The second-order valence-electron chi connectivity index (χ2n) is 2.89. The van der Waals surface area contributed by atoms with Crippen LogP contribution in [0.1, 0.15) is 0 Å². The number of nitrogens with zero attached hydrogens (tertiary/aromatic N) is 2. The molecule has 0 aromatic heterocycles. The predicted octanol–water partition coefficient (Wildman–Crippen LogP) is -0.800. The smallest absolute Gasteiger partial charge is 0.168 e. The largest absolute Gasteiger partial charge is 0.350 e. The second kappa shape index (κ2) is 3.85. The van der Waals surface area contributed by atoms with Crippen LogP contribution in [0.4, 0.5) is 0 Å². The molecule has 1 aliphatic rings. The molecule has 1 saturated heterocycles. The molecule has 0 aromatic carbocycles. The van der Waals surface area contributed by atoms with Crippen LogP contribution in [0.25, 0.3) is 0 Å². The van der Waals surface area contributed by atoms with Crippen molar-refractivity contribution in [3.8, 4) is 0 Å². The summed E-state index contributed by atoms with van der Waals surface area (Å²) in [5.41, 5.74) is 0. The molecule has 0 atom stereocenters. The highest BCUT2D eigenvalue weighted by atomic mass is 32.1. The van der Waals surface area contributed by atoms with E-state index in [1.165, 1.54) is 0 Å². The summed E-state index contributed by atoms with van der Waals surface area (Å²) in [6, 6.07) is 0. The Labute approximate surface area is 72.5 Å². The van der Waals surface area contributed by atoms with E-state index in [-0.39, 0.29) is 0 Å². The molecule has 0 amide bonds. The standard InChI is InChI=1S/C6H14N4S/c1-9(2)5-10-3-7-6(11)8-4-10/h3-5H2,1-2H3,(H2,7,8,11). The molecule has 64 valence electrons. The van der Waals surface area contributed by atoms with E-state index in [4.69, 9.17) is 12.2 Å². The van der Waals surface area contributed by atoms with Crippen molar-refractivity contribution >= 4 is 17.3 Å². The van der Waals surface area contributed by atoms with Crippen LogP contribution >= 0.6 is 12.2 Å². The first-order valence-corrected chi connectivity index (χ1v) is 3.98. The lowest BCUT2D eigenvalue weighted by Gasteiger charge is -2.31. The molecule has 0 saturated carbocycles. The third kappa shape index (κ3) is 3.00. The van der Waals surface area contributed by atoms with Crippen molar-refractivity contribution < 1.29 is 0 Å². The number of nitrogens with one attached hydrogen (secondary N) is 2. The molecular weight excluding hydrogens is 160 g/mol. The van der Waals surface area contributed by atoms with Gasteiger partial charge in [0.2, 0.25) is 0 Å². The fraction of sp³-hybridized carbons (Fsp3) is 0.833. The van der Waals surface area contributed by atoms with Crippen LogP contribution in [0, 0.1) is 0 Å². The maximum Gasteiger partial charge on any atom is 0.168 e. The van der Waals surface area contributed by atoms with Crippen LogP contribution in [0.5, 0.6) is 0 Å². The summed E-state index contributed by atoms with van der Waals surface area (Å²) in [5, 5.41) is 6.86. The van der Waals surface area contributed by atoms with Crippen molar-refractivity contribution in [3.63, 3.8) is 0 Å². The Hall–Kier alpha value is -0.390. The van der Waals surface area contributed by atoms with Gasteiger partial charge in [0.1, 0.15) is 0 Å². The van der Waals surface area contributed by atoms with Gasteiger partial charge in [0.05, 0.1) is 20.0 Å². The van der Waals surface area contributed by atoms with Crippen LogP contribution in [0.3, 0.4) is 0 Å². The Balaban J connectivity index is 2.22. The van der Waals surface area contributed by atoms with Crippen molar-refractivity contribution in [2.45, 2.75) is 0 Å². The van der Waals surface area contributed by atoms with Crippen LogP contribution in [0.15, 0.2) is 0 Å². The Morgan fingerprint density at radius 1 is 1.45 bits per heavy atom. The minimum absolute atomic E-state index is 0.750. The highest BCUT2D eigenvalue weighted by Crippen LogP contribution is 1.89. The maximum absolute atomic E-state index is 4.91. The normalized spacial score (nSPS) is 19.7. The zero-order chi connectivity index (χ0) is 8.27. The fourth-order valence-electron chi connectivity index (χ4n) is 0.986. The molecule has 4 nitrogen and oxygen atoms in total. The number of rotatable bonds is 2.